The quantitative estimate of drug-likeness (QED) is 0.717. The minimum atomic E-state index is -0.208. The van der Waals surface area contributed by atoms with Crippen LogP contribution in [0.1, 0.15) is 23.7 Å². The van der Waals surface area contributed by atoms with E-state index in [1.807, 2.05) is 32.0 Å². The molecule has 1 atom stereocenters. The zero-order valence-corrected chi connectivity index (χ0v) is 16.6. The van der Waals surface area contributed by atoms with Gasteiger partial charge in [-0.15, -0.1) is 0 Å². The molecule has 1 unspecified atom stereocenters. The Hall–Kier alpha value is -3.25. The molecule has 0 aliphatic carbocycles. The summed E-state index contributed by atoms with van der Waals surface area (Å²) in [6.45, 7) is 5.52. The standard InChI is InChI=1S/C23H24N4O2/c1-16-11-13-24-23(25-16)29-21-9-7-20(8-10-21)26-22(28)17(2)27-14-12-18-5-3-4-6-19(18)15-27/h3-11,13,17H,12,14-15H2,1-2H3,(H,26,28). The Morgan fingerprint density at radius 2 is 1.86 bits per heavy atom. The highest BCUT2D eigenvalue weighted by atomic mass is 16.5. The van der Waals surface area contributed by atoms with Crippen LogP contribution in [-0.2, 0) is 17.8 Å². The van der Waals surface area contributed by atoms with Crippen molar-refractivity contribution in [3.8, 4) is 11.8 Å². The highest BCUT2D eigenvalue weighted by Gasteiger charge is 2.25. The fraction of sp³-hybridized carbons (Fsp3) is 0.261. The zero-order valence-electron chi connectivity index (χ0n) is 16.6. The third-order valence-corrected chi connectivity index (χ3v) is 5.19. The van der Waals surface area contributed by atoms with Crippen molar-refractivity contribution in [2.75, 3.05) is 11.9 Å². The van der Waals surface area contributed by atoms with Crippen LogP contribution >= 0.6 is 0 Å². The molecule has 1 N–H and O–H groups in total. The average molecular weight is 388 g/mol. The zero-order chi connectivity index (χ0) is 20.2. The molecule has 6 nitrogen and oxygen atoms in total. The van der Waals surface area contributed by atoms with E-state index in [9.17, 15) is 4.79 Å². The van der Waals surface area contributed by atoms with Gasteiger partial charge in [0.2, 0.25) is 5.91 Å². The molecule has 6 heteroatoms. The number of nitrogens with one attached hydrogen (secondary N) is 1. The van der Waals surface area contributed by atoms with Gasteiger partial charge in [0.05, 0.1) is 6.04 Å². The molecule has 0 fully saturated rings. The Morgan fingerprint density at radius 3 is 2.62 bits per heavy atom. The van der Waals surface area contributed by atoms with Crippen LogP contribution in [-0.4, -0.2) is 33.4 Å². The van der Waals surface area contributed by atoms with Crippen molar-refractivity contribution in [1.82, 2.24) is 14.9 Å². The van der Waals surface area contributed by atoms with E-state index in [1.165, 1.54) is 11.1 Å². The number of hydrogen-bond donors (Lipinski definition) is 1. The third kappa shape index (κ3) is 4.60. The minimum Gasteiger partial charge on any atom is -0.424 e. The normalized spacial score (nSPS) is 14.7. The molecule has 3 aromatic rings. The van der Waals surface area contributed by atoms with E-state index in [0.717, 1.165) is 30.9 Å². The van der Waals surface area contributed by atoms with Crippen LogP contribution in [0.15, 0.2) is 60.8 Å². The number of carbonyl (C=O) groups excluding carboxylic acids is 1. The van der Waals surface area contributed by atoms with Gasteiger partial charge in [-0.05, 0) is 61.7 Å². The van der Waals surface area contributed by atoms with E-state index >= 15 is 0 Å². The second-order valence-corrected chi connectivity index (χ2v) is 7.26. The van der Waals surface area contributed by atoms with Crippen LogP contribution in [0, 0.1) is 6.92 Å². The van der Waals surface area contributed by atoms with Gasteiger partial charge in [0, 0.05) is 30.7 Å². The number of aromatic nitrogens is 2. The molecule has 0 saturated heterocycles. The Labute approximate surface area is 170 Å². The van der Waals surface area contributed by atoms with Gasteiger partial charge in [0.1, 0.15) is 5.75 Å². The molecule has 148 valence electrons. The first kappa shape index (κ1) is 19.1. The van der Waals surface area contributed by atoms with Gasteiger partial charge in [-0.3, -0.25) is 9.69 Å². The van der Waals surface area contributed by atoms with Crippen molar-refractivity contribution in [3.05, 3.63) is 77.6 Å². The molecule has 4 rings (SSSR count). The number of carbonyl (C=O) groups is 1. The Balaban J connectivity index is 1.36. The molecule has 2 heterocycles. The van der Waals surface area contributed by atoms with Gasteiger partial charge in [-0.25, -0.2) is 9.97 Å². The molecule has 2 aromatic carbocycles. The summed E-state index contributed by atoms with van der Waals surface area (Å²) >= 11 is 0. The second-order valence-electron chi connectivity index (χ2n) is 7.26. The first-order valence-corrected chi connectivity index (χ1v) is 9.78. The summed E-state index contributed by atoms with van der Waals surface area (Å²) in [6.07, 6.45) is 2.63. The van der Waals surface area contributed by atoms with Crippen molar-refractivity contribution >= 4 is 11.6 Å². The molecule has 0 bridgehead atoms. The van der Waals surface area contributed by atoms with Crippen LogP contribution in [0.3, 0.4) is 0 Å². The van der Waals surface area contributed by atoms with Gasteiger partial charge in [-0.2, -0.15) is 0 Å². The monoisotopic (exact) mass is 388 g/mol. The molecule has 1 aliphatic rings. The van der Waals surface area contributed by atoms with Crippen LogP contribution in [0.5, 0.6) is 11.8 Å². The van der Waals surface area contributed by atoms with Crippen molar-refractivity contribution in [2.45, 2.75) is 32.9 Å². The van der Waals surface area contributed by atoms with Crippen molar-refractivity contribution < 1.29 is 9.53 Å². The van der Waals surface area contributed by atoms with Crippen LogP contribution in [0.25, 0.3) is 0 Å². The number of hydrogen-bond acceptors (Lipinski definition) is 5. The van der Waals surface area contributed by atoms with E-state index in [0.29, 0.717) is 11.8 Å². The van der Waals surface area contributed by atoms with E-state index in [2.05, 4.69) is 44.5 Å². The molecular weight excluding hydrogens is 364 g/mol. The van der Waals surface area contributed by atoms with Crippen molar-refractivity contribution in [3.63, 3.8) is 0 Å². The summed E-state index contributed by atoms with van der Waals surface area (Å²) in [5.74, 6) is 0.606. The summed E-state index contributed by atoms with van der Waals surface area (Å²) in [7, 11) is 0. The predicted octanol–water partition coefficient (Wildman–Crippen LogP) is 3.96. The Kier molecular flexibility index (Phi) is 5.53. The highest BCUT2D eigenvalue weighted by molar-refractivity contribution is 5.94. The number of fused-ring (bicyclic) bond motifs is 1. The highest BCUT2D eigenvalue weighted by Crippen LogP contribution is 2.22. The Morgan fingerprint density at radius 1 is 1.10 bits per heavy atom. The molecule has 29 heavy (non-hydrogen) atoms. The number of amides is 1. The Bertz CT molecular complexity index is 1000. The molecule has 1 aliphatic heterocycles. The fourth-order valence-corrected chi connectivity index (χ4v) is 3.45. The fourth-order valence-electron chi connectivity index (χ4n) is 3.45. The average Bonchev–Trinajstić information content (AvgIpc) is 2.74. The van der Waals surface area contributed by atoms with Gasteiger partial charge in [0.25, 0.3) is 0 Å². The largest absolute Gasteiger partial charge is 0.424 e. The maximum atomic E-state index is 12.7. The van der Waals surface area contributed by atoms with Gasteiger partial charge < -0.3 is 10.1 Å². The summed E-state index contributed by atoms with van der Waals surface area (Å²) in [5.41, 5.74) is 4.26. The lowest BCUT2D eigenvalue weighted by Gasteiger charge is -2.32. The van der Waals surface area contributed by atoms with Crippen LogP contribution < -0.4 is 10.1 Å². The van der Waals surface area contributed by atoms with Crippen LogP contribution in [0.2, 0.25) is 0 Å². The second kappa shape index (κ2) is 8.41. The SMILES string of the molecule is Cc1ccnc(Oc2ccc(NC(=O)C(C)N3CCc4ccccc4C3)cc2)n1. The number of ether oxygens (including phenoxy) is 1. The summed E-state index contributed by atoms with van der Waals surface area (Å²) in [6, 6.07) is 17.6. The lowest BCUT2D eigenvalue weighted by atomic mass is 9.99. The van der Waals surface area contributed by atoms with E-state index in [-0.39, 0.29) is 11.9 Å². The van der Waals surface area contributed by atoms with E-state index in [1.54, 1.807) is 18.3 Å². The predicted molar refractivity (Wildman–Crippen MR) is 112 cm³/mol. The third-order valence-electron chi connectivity index (χ3n) is 5.19. The lowest BCUT2D eigenvalue weighted by Crippen LogP contribution is -2.44. The van der Waals surface area contributed by atoms with Crippen molar-refractivity contribution in [2.24, 2.45) is 0 Å². The molecule has 1 aromatic heterocycles. The van der Waals surface area contributed by atoms with E-state index < -0.39 is 0 Å². The minimum absolute atomic E-state index is 0.0138. The molecule has 0 spiro atoms. The molecule has 0 radical (unpaired) electrons. The molecule has 1 amide bonds. The van der Waals surface area contributed by atoms with Gasteiger partial charge in [-0.1, -0.05) is 24.3 Å². The topological polar surface area (TPSA) is 67.3 Å². The number of nitrogens with zero attached hydrogens (tertiary/aromatic N) is 3. The maximum absolute atomic E-state index is 12.7. The number of aryl methyl sites for hydroxylation is 1. The van der Waals surface area contributed by atoms with Gasteiger partial charge >= 0.3 is 6.01 Å². The smallest absolute Gasteiger partial charge is 0.322 e. The number of rotatable bonds is 5. The first-order chi connectivity index (χ1) is 14.1. The maximum Gasteiger partial charge on any atom is 0.322 e. The first-order valence-electron chi connectivity index (χ1n) is 9.78. The van der Waals surface area contributed by atoms with Crippen molar-refractivity contribution in [1.29, 1.82) is 0 Å². The molecular formula is C23H24N4O2. The molecule has 0 saturated carbocycles. The van der Waals surface area contributed by atoms with E-state index in [4.69, 9.17) is 4.74 Å². The van der Waals surface area contributed by atoms with Gasteiger partial charge in [0.15, 0.2) is 0 Å². The summed E-state index contributed by atoms with van der Waals surface area (Å²) in [4.78, 5) is 23.3. The number of benzene rings is 2. The lowest BCUT2D eigenvalue weighted by molar-refractivity contribution is -0.121. The van der Waals surface area contributed by atoms with Crippen LogP contribution in [0.4, 0.5) is 5.69 Å². The summed E-state index contributed by atoms with van der Waals surface area (Å²) < 4.78 is 5.65. The summed E-state index contributed by atoms with van der Waals surface area (Å²) in [5, 5.41) is 3.00. The number of anilines is 1.